The number of allylic oxidation sites excluding steroid dienone is 3. The average Bonchev–Trinajstić information content (AvgIpc) is 1.85. The molecule has 0 atom stereocenters. The maximum atomic E-state index is 9.88. The van der Waals surface area contributed by atoms with Crippen LogP contribution in [0.2, 0.25) is 0 Å². The number of hydrogen-bond acceptors (Lipinski definition) is 1. The summed E-state index contributed by atoms with van der Waals surface area (Å²) in [6, 6.07) is 0. The number of carbonyl (C=O) groups excluding carboxylic acids is 1. The van der Waals surface area contributed by atoms with Crippen molar-refractivity contribution in [3.63, 3.8) is 0 Å². The molecule has 0 N–H and O–H groups in total. The molecule has 1 nitrogen and oxygen atoms in total. The molecular formula is C7H8OW. The Kier molecular flexibility index (Phi) is 5.65. The van der Waals surface area contributed by atoms with Crippen LogP contribution in [0.25, 0.3) is 0 Å². The molecule has 0 rings (SSSR count). The Balaban J connectivity index is 3.61. The van der Waals surface area contributed by atoms with Gasteiger partial charge in [-0.25, -0.2) is 0 Å². The molecular weight excluding hydrogens is 284 g/mol. The van der Waals surface area contributed by atoms with Crippen molar-refractivity contribution >= 4 is 10.7 Å². The van der Waals surface area contributed by atoms with Crippen LogP contribution in [0.3, 0.4) is 0 Å². The van der Waals surface area contributed by atoms with Crippen LogP contribution in [0.15, 0.2) is 24.3 Å². The summed E-state index contributed by atoms with van der Waals surface area (Å²) >= 11 is 1.40. The zero-order valence-electron chi connectivity index (χ0n) is 5.04. The Labute approximate surface area is 65.9 Å². The van der Waals surface area contributed by atoms with Crippen LogP contribution in [-0.4, -0.2) is 10.7 Å². The molecule has 0 aromatic carbocycles. The monoisotopic (exact) mass is 292 g/mol. The summed E-state index contributed by atoms with van der Waals surface area (Å²) in [7, 11) is 0. The molecule has 0 unspecified atom stereocenters. The van der Waals surface area contributed by atoms with Gasteiger partial charge in [0.25, 0.3) is 0 Å². The summed E-state index contributed by atoms with van der Waals surface area (Å²) in [6.45, 7) is 3.65. The van der Waals surface area contributed by atoms with Gasteiger partial charge in [0.05, 0.1) is 0 Å². The molecule has 0 saturated heterocycles. The second kappa shape index (κ2) is 5.84. The molecule has 0 amide bonds. The van der Waals surface area contributed by atoms with E-state index in [0.717, 1.165) is 11.9 Å². The standard InChI is InChI=1S/C7H8O.W/c1-3-4-7(2)5-6-8;/h1,3-4,6H,2,5H2;/b4-3-;. The fourth-order valence-corrected chi connectivity index (χ4v) is 0.633. The second-order valence-corrected chi connectivity index (χ2v) is 2.50. The van der Waals surface area contributed by atoms with Gasteiger partial charge in [-0.3, -0.25) is 0 Å². The minimum absolute atomic E-state index is 0.444. The van der Waals surface area contributed by atoms with Crippen LogP contribution >= 0.6 is 0 Å². The number of hydrogen-bond donors (Lipinski definition) is 0. The molecule has 0 aromatic rings. The Morgan fingerprint density at radius 3 is 2.78 bits per heavy atom. The summed E-state index contributed by atoms with van der Waals surface area (Å²) in [5.41, 5.74) is 0.863. The normalized spacial score (nSPS) is 9.33. The second-order valence-electron chi connectivity index (χ2n) is 1.52. The van der Waals surface area contributed by atoms with Crippen LogP contribution in [0.1, 0.15) is 6.42 Å². The van der Waals surface area contributed by atoms with Crippen LogP contribution in [-0.2, 0) is 24.1 Å². The fraction of sp³-hybridized carbons (Fsp3) is 0.143. The van der Waals surface area contributed by atoms with Gasteiger partial charge in [-0.05, 0) is 0 Å². The van der Waals surface area contributed by atoms with E-state index in [2.05, 4.69) is 6.58 Å². The van der Waals surface area contributed by atoms with Gasteiger partial charge in [-0.2, -0.15) is 0 Å². The van der Waals surface area contributed by atoms with Crippen molar-refractivity contribution in [2.45, 2.75) is 6.42 Å². The van der Waals surface area contributed by atoms with E-state index < -0.39 is 0 Å². The number of aldehydes is 1. The van der Waals surface area contributed by atoms with E-state index in [1.807, 2.05) is 16.6 Å². The molecule has 0 saturated carbocycles. The quantitative estimate of drug-likeness (QED) is 0.559. The van der Waals surface area contributed by atoms with Gasteiger partial charge >= 0.3 is 65.6 Å². The summed E-state index contributed by atoms with van der Waals surface area (Å²) < 4.78 is 1.98. The average molecular weight is 292 g/mol. The maximum absolute atomic E-state index is 9.88. The summed E-state index contributed by atoms with van der Waals surface area (Å²) in [5.74, 6) is 0. The van der Waals surface area contributed by atoms with Gasteiger partial charge in [-0.1, -0.05) is 0 Å². The van der Waals surface area contributed by atoms with Crippen LogP contribution < -0.4 is 0 Å². The first-order valence-corrected chi connectivity index (χ1v) is 4.24. The van der Waals surface area contributed by atoms with Crippen LogP contribution in [0.5, 0.6) is 0 Å². The molecule has 2 heteroatoms. The van der Waals surface area contributed by atoms with Crippen LogP contribution in [0, 0.1) is 0 Å². The first-order chi connectivity index (χ1) is 4.31. The first kappa shape index (κ1) is 8.71. The Morgan fingerprint density at radius 2 is 2.33 bits per heavy atom. The van der Waals surface area contributed by atoms with E-state index in [4.69, 9.17) is 0 Å². The third-order valence-corrected chi connectivity index (χ3v) is 1.32. The molecule has 0 aromatic heterocycles. The molecule has 0 spiro atoms. The molecule has 0 bridgehead atoms. The topological polar surface area (TPSA) is 17.1 Å². The molecule has 9 heavy (non-hydrogen) atoms. The van der Waals surface area contributed by atoms with E-state index in [1.54, 1.807) is 0 Å². The predicted molar refractivity (Wildman–Crippen MR) is 35.0 cm³/mol. The Bertz CT molecular complexity index is 147. The third-order valence-electron chi connectivity index (χ3n) is 0.756. The molecule has 48 valence electrons. The van der Waals surface area contributed by atoms with Crippen molar-refractivity contribution in [2.24, 2.45) is 0 Å². The van der Waals surface area contributed by atoms with E-state index in [-0.39, 0.29) is 0 Å². The van der Waals surface area contributed by atoms with Crippen molar-refractivity contribution in [2.75, 3.05) is 0 Å². The van der Waals surface area contributed by atoms with Gasteiger partial charge in [0.15, 0.2) is 0 Å². The zero-order valence-corrected chi connectivity index (χ0v) is 7.97. The van der Waals surface area contributed by atoms with E-state index >= 15 is 0 Å². The number of carbonyl (C=O) groups is 1. The van der Waals surface area contributed by atoms with Gasteiger partial charge < -0.3 is 0 Å². The third kappa shape index (κ3) is 5.58. The molecule has 0 radical (unpaired) electrons. The van der Waals surface area contributed by atoms with E-state index in [1.165, 1.54) is 19.4 Å². The molecule has 0 aliphatic heterocycles. The van der Waals surface area contributed by atoms with Gasteiger partial charge in [0, 0.05) is 0 Å². The minimum atomic E-state index is 0.444. The Hall–Kier alpha value is -0.292. The molecule has 0 fully saturated rings. The van der Waals surface area contributed by atoms with E-state index in [0.29, 0.717) is 6.42 Å². The van der Waals surface area contributed by atoms with Gasteiger partial charge in [-0.15, -0.1) is 0 Å². The molecule has 0 heterocycles. The first-order valence-electron chi connectivity index (χ1n) is 2.54. The molecule has 0 aliphatic carbocycles. The number of rotatable bonds is 4. The summed E-state index contributed by atoms with van der Waals surface area (Å²) in [5, 5.41) is 0. The van der Waals surface area contributed by atoms with Crippen molar-refractivity contribution in [1.29, 1.82) is 0 Å². The zero-order chi connectivity index (χ0) is 7.11. The molecule has 0 aliphatic rings. The Morgan fingerprint density at radius 1 is 1.67 bits per heavy atom. The summed E-state index contributed by atoms with van der Waals surface area (Å²) in [4.78, 5) is 9.88. The predicted octanol–water partition coefficient (Wildman–Crippen LogP) is 1.04. The van der Waals surface area contributed by atoms with Crippen molar-refractivity contribution in [1.82, 2.24) is 0 Å². The van der Waals surface area contributed by atoms with Crippen molar-refractivity contribution < 1.29 is 24.1 Å². The van der Waals surface area contributed by atoms with E-state index in [9.17, 15) is 4.79 Å². The fourth-order valence-electron chi connectivity index (χ4n) is 0.350. The SMILES string of the molecule is C=C(/C=C\[CH]=[W])CC=O. The summed E-state index contributed by atoms with van der Waals surface area (Å²) in [6.07, 6.45) is 5.05. The van der Waals surface area contributed by atoms with Crippen molar-refractivity contribution in [3.8, 4) is 0 Å². The van der Waals surface area contributed by atoms with Gasteiger partial charge in [0.1, 0.15) is 0 Å². The van der Waals surface area contributed by atoms with Crippen LogP contribution in [0.4, 0.5) is 0 Å². The van der Waals surface area contributed by atoms with Gasteiger partial charge in [0.2, 0.25) is 0 Å². The van der Waals surface area contributed by atoms with Crippen molar-refractivity contribution in [3.05, 3.63) is 24.3 Å².